The van der Waals surface area contributed by atoms with E-state index in [9.17, 15) is 0 Å². The molecule has 1 heterocycles. The van der Waals surface area contributed by atoms with Crippen molar-refractivity contribution in [3.63, 3.8) is 0 Å². The predicted molar refractivity (Wildman–Crippen MR) is 84.0 cm³/mol. The summed E-state index contributed by atoms with van der Waals surface area (Å²) in [5.74, 6) is 0.950. The van der Waals surface area contributed by atoms with E-state index in [2.05, 4.69) is 43.0 Å². The molecule has 0 spiro atoms. The average Bonchev–Trinajstić information content (AvgIpc) is 2.47. The fourth-order valence-corrected chi connectivity index (χ4v) is 3.23. The molecule has 3 unspecified atom stereocenters. The van der Waals surface area contributed by atoms with Crippen molar-refractivity contribution in [2.75, 3.05) is 13.2 Å². The molecule has 0 aliphatic carbocycles. The first kappa shape index (κ1) is 15.3. The van der Waals surface area contributed by atoms with Gasteiger partial charge >= 0.3 is 0 Å². The van der Waals surface area contributed by atoms with Crippen LogP contribution in [0, 0.1) is 0 Å². The maximum Gasteiger partial charge on any atom is 0.119 e. The van der Waals surface area contributed by atoms with Crippen molar-refractivity contribution >= 4 is 0 Å². The zero-order valence-corrected chi connectivity index (χ0v) is 13.0. The Morgan fingerprint density at radius 2 is 1.95 bits per heavy atom. The van der Waals surface area contributed by atoms with Crippen LogP contribution in [0.15, 0.2) is 24.3 Å². The van der Waals surface area contributed by atoms with Crippen LogP contribution in [0.3, 0.4) is 0 Å². The Hall–Kier alpha value is -1.06. The van der Waals surface area contributed by atoms with E-state index in [1.54, 1.807) is 0 Å². The van der Waals surface area contributed by atoms with Crippen LogP contribution in [0.1, 0.15) is 51.6 Å². The summed E-state index contributed by atoms with van der Waals surface area (Å²) in [5.41, 5.74) is 7.52. The van der Waals surface area contributed by atoms with E-state index < -0.39 is 0 Å². The standard InChI is InChI=1S/C17H28N2O/c1-4-20-16-10-8-15(9-11-16)14(3)19-12-6-5-7-17(19)13(2)18/h8-11,13-14,17H,4-7,12,18H2,1-3H3. The van der Waals surface area contributed by atoms with Gasteiger partial charge in [0.2, 0.25) is 0 Å². The van der Waals surface area contributed by atoms with Crippen molar-refractivity contribution in [1.82, 2.24) is 4.90 Å². The fraction of sp³-hybridized carbons (Fsp3) is 0.647. The number of nitrogens with zero attached hydrogens (tertiary/aromatic N) is 1. The summed E-state index contributed by atoms with van der Waals surface area (Å²) in [5, 5.41) is 0. The van der Waals surface area contributed by atoms with Crippen LogP contribution in [-0.2, 0) is 0 Å². The Bertz CT molecular complexity index is 402. The quantitative estimate of drug-likeness (QED) is 0.896. The van der Waals surface area contributed by atoms with Gasteiger partial charge in [-0.1, -0.05) is 18.6 Å². The molecule has 3 heteroatoms. The zero-order chi connectivity index (χ0) is 14.5. The van der Waals surface area contributed by atoms with Gasteiger partial charge < -0.3 is 10.5 Å². The van der Waals surface area contributed by atoms with E-state index in [1.807, 2.05) is 6.92 Å². The Kier molecular flexibility index (Phi) is 5.44. The highest BCUT2D eigenvalue weighted by Crippen LogP contribution is 2.30. The van der Waals surface area contributed by atoms with Gasteiger partial charge in [-0.05, 0) is 57.9 Å². The lowest BCUT2D eigenvalue weighted by Gasteiger charge is -2.42. The Morgan fingerprint density at radius 1 is 1.25 bits per heavy atom. The third kappa shape index (κ3) is 3.53. The molecule has 3 atom stereocenters. The molecule has 1 aliphatic rings. The molecule has 0 aromatic heterocycles. The first-order chi connectivity index (χ1) is 9.63. The van der Waals surface area contributed by atoms with Gasteiger partial charge in [0, 0.05) is 18.1 Å². The molecular formula is C17H28N2O. The third-order valence-corrected chi connectivity index (χ3v) is 4.37. The molecule has 20 heavy (non-hydrogen) atoms. The van der Waals surface area contributed by atoms with Crippen LogP contribution < -0.4 is 10.5 Å². The summed E-state index contributed by atoms with van der Waals surface area (Å²) in [6.45, 7) is 8.30. The normalized spacial score (nSPS) is 23.3. The fourth-order valence-electron chi connectivity index (χ4n) is 3.23. The van der Waals surface area contributed by atoms with Crippen molar-refractivity contribution < 1.29 is 4.74 Å². The largest absolute Gasteiger partial charge is 0.494 e. The summed E-state index contributed by atoms with van der Waals surface area (Å²) < 4.78 is 5.51. The molecule has 0 bridgehead atoms. The second-order valence-corrected chi connectivity index (χ2v) is 5.84. The van der Waals surface area contributed by atoms with E-state index in [0.717, 1.165) is 12.3 Å². The highest BCUT2D eigenvalue weighted by atomic mass is 16.5. The molecule has 2 rings (SSSR count). The van der Waals surface area contributed by atoms with Crippen molar-refractivity contribution in [2.45, 2.75) is 58.2 Å². The number of piperidine rings is 1. The number of likely N-dealkylation sites (tertiary alicyclic amines) is 1. The molecule has 0 amide bonds. The number of ether oxygens (including phenoxy) is 1. The molecule has 2 N–H and O–H groups in total. The molecule has 0 saturated carbocycles. The SMILES string of the molecule is CCOc1ccc(C(C)N2CCCCC2C(C)N)cc1. The van der Waals surface area contributed by atoms with Crippen LogP contribution in [0.5, 0.6) is 5.75 Å². The smallest absolute Gasteiger partial charge is 0.119 e. The van der Waals surface area contributed by atoms with Gasteiger partial charge in [0.15, 0.2) is 0 Å². The van der Waals surface area contributed by atoms with Gasteiger partial charge in [0.1, 0.15) is 5.75 Å². The molecule has 1 saturated heterocycles. The number of benzene rings is 1. The van der Waals surface area contributed by atoms with E-state index >= 15 is 0 Å². The van der Waals surface area contributed by atoms with Crippen molar-refractivity contribution in [3.05, 3.63) is 29.8 Å². The van der Waals surface area contributed by atoms with Crippen molar-refractivity contribution in [1.29, 1.82) is 0 Å². The second-order valence-electron chi connectivity index (χ2n) is 5.84. The molecular weight excluding hydrogens is 248 g/mol. The zero-order valence-electron chi connectivity index (χ0n) is 13.0. The number of nitrogens with two attached hydrogens (primary N) is 1. The second kappa shape index (κ2) is 7.09. The van der Waals surface area contributed by atoms with Gasteiger partial charge in [-0.3, -0.25) is 4.90 Å². The minimum atomic E-state index is 0.237. The Morgan fingerprint density at radius 3 is 2.55 bits per heavy atom. The summed E-state index contributed by atoms with van der Waals surface area (Å²) in [7, 11) is 0. The molecule has 0 radical (unpaired) electrons. The summed E-state index contributed by atoms with van der Waals surface area (Å²) in [6, 6.07) is 9.67. The van der Waals surface area contributed by atoms with Crippen LogP contribution in [0.2, 0.25) is 0 Å². The maximum absolute atomic E-state index is 6.18. The lowest BCUT2D eigenvalue weighted by molar-refractivity contribution is 0.0890. The van der Waals surface area contributed by atoms with Gasteiger partial charge in [0.05, 0.1) is 6.61 Å². The minimum Gasteiger partial charge on any atom is -0.494 e. The Labute approximate surface area is 123 Å². The van der Waals surface area contributed by atoms with Crippen LogP contribution in [-0.4, -0.2) is 30.1 Å². The van der Waals surface area contributed by atoms with E-state index in [0.29, 0.717) is 18.7 Å². The first-order valence-electron chi connectivity index (χ1n) is 7.87. The van der Waals surface area contributed by atoms with Crippen LogP contribution in [0.25, 0.3) is 0 Å². The topological polar surface area (TPSA) is 38.5 Å². The molecule has 1 fully saturated rings. The monoisotopic (exact) mass is 276 g/mol. The third-order valence-electron chi connectivity index (χ3n) is 4.37. The minimum absolute atomic E-state index is 0.237. The van der Waals surface area contributed by atoms with E-state index in [4.69, 9.17) is 10.5 Å². The van der Waals surface area contributed by atoms with Gasteiger partial charge in [-0.25, -0.2) is 0 Å². The van der Waals surface area contributed by atoms with E-state index in [1.165, 1.54) is 24.8 Å². The summed E-state index contributed by atoms with van der Waals surface area (Å²) >= 11 is 0. The Balaban J connectivity index is 2.10. The molecule has 1 aromatic rings. The number of hydrogen-bond donors (Lipinski definition) is 1. The maximum atomic E-state index is 6.18. The summed E-state index contributed by atoms with van der Waals surface area (Å²) in [6.07, 6.45) is 3.81. The predicted octanol–water partition coefficient (Wildman–Crippen LogP) is 3.35. The molecule has 1 aromatic carbocycles. The first-order valence-corrected chi connectivity index (χ1v) is 7.87. The lowest BCUT2D eigenvalue weighted by atomic mass is 9.93. The average molecular weight is 276 g/mol. The van der Waals surface area contributed by atoms with Crippen LogP contribution >= 0.6 is 0 Å². The molecule has 112 valence electrons. The highest BCUT2D eigenvalue weighted by molar-refractivity contribution is 5.29. The van der Waals surface area contributed by atoms with Crippen molar-refractivity contribution in [2.24, 2.45) is 5.73 Å². The number of hydrogen-bond acceptors (Lipinski definition) is 3. The molecule has 3 nitrogen and oxygen atoms in total. The highest BCUT2D eigenvalue weighted by Gasteiger charge is 2.29. The van der Waals surface area contributed by atoms with Gasteiger partial charge in [-0.15, -0.1) is 0 Å². The van der Waals surface area contributed by atoms with Gasteiger partial charge in [-0.2, -0.15) is 0 Å². The number of rotatable bonds is 5. The summed E-state index contributed by atoms with van der Waals surface area (Å²) in [4.78, 5) is 2.57. The molecule has 1 aliphatic heterocycles. The lowest BCUT2D eigenvalue weighted by Crippen LogP contribution is -2.49. The van der Waals surface area contributed by atoms with Crippen LogP contribution in [0.4, 0.5) is 0 Å². The van der Waals surface area contributed by atoms with Crippen molar-refractivity contribution in [3.8, 4) is 5.75 Å². The van der Waals surface area contributed by atoms with E-state index in [-0.39, 0.29) is 6.04 Å². The van der Waals surface area contributed by atoms with Gasteiger partial charge in [0.25, 0.3) is 0 Å².